The van der Waals surface area contributed by atoms with Crippen LogP contribution in [0.15, 0.2) is 243 Å². The maximum absolute atomic E-state index is 2.50. The predicted molar refractivity (Wildman–Crippen MR) is 255 cm³/mol. The van der Waals surface area contributed by atoms with Crippen LogP contribution in [-0.4, -0.2) is 0 Å². The number of hydrogen-bond acceptors (Lipinski definition) is 2. The molecule has 2 aliphatic rings. The number of rotatable bonds is 6. The third-order valence-electron chi connectivity index (χ3n) is 12.8. The van der Waals surface area contributed by atoms with Crippen LogP contribution in [-0.2, 0) is 5.41 Å². The zero-order valence-corrected chi connectivity index (χ0v) is 33.5. The smallest absolute Gasteiger partial charge is 0.0727 e. The first kappa shape index (κ1) is 35.0. The first-order chi connectivity index (χ1) is 30.3. The Labute approximate surface area is 356 Å². The highest BCUT2D eigenvalue weighted by atomic mass is 15.1. The second-order valence-corrected chi connectivity index (χ2v) is 16.0. The Bertz CT molecular complexity index is 3020. The van der Waals surface area contributed by atoms with Gasteiger partial charge in [0.2, 0.25) is 0 Å². The van der Waals surface area contributed by atoms with Crippen LogP contribution in [0.4, 0.5) is 34.1 Å². The molecule has 286 valence electrons. The standard InChI is InChI=1S/C59H40N2/c1-5-20-42(21-6-1)60(43-22-7-2-8-23-43)46-34-36-51-49-29-15-16-30-50(49)52-37-35-47(61(44-24-9-3-10-25-44)45-26-11-4-12-27-45)40-57(52)59(56(51)39-46)54-32-18-17-31-53(54)58-48-28-14-13-19-41(48)33-38-55(58)59/h1-40H. The van der Waals surface area contributed by atoms with Gasteiger partial charge in [0.25, 0.3) is 0 Å². The summed E-state index contributed by atoms with van der Waals surface area (Å²) in [5.41, 5.74) is 18.6. The van der Waals surface area contributed by atoms with Crippen molar-refractivity contribution >= 4 is 44.9 Å². The second-order valence-electron chi connectivity index (χ2n) is 16.0. The lowest BCUT2D eigenvalue weighted by molar-refractivity contribution is 0.776. The molecular weight excluding hydrogens is 737 g/mol. The minimum absolute atomic E-state index is 0.705. The van der Waals surface area contributed by atoms with Gasteiger partial charge in [0.05, 0.1) is 5.41 Å². The molecule has 0 bridgehead atoms. The third-order valence-corrected chi connectivity index (χ3v) is 12.8. The number of benzene rings is 10. The molecule has 10 aromatic carbocycles. The van der Waals surface area contributed by atoms with Crippen molar-refractivity contribution in [3.63, 3.8) is 0 Å². The van der Waals surface area contributed by atoms with Crippen molar-refractivity contribution in [1.82, 2.24) is 0 Å². The van der Waals surface area contributed by atoms with E-state index in [-0.39, 0.29) is 0 Å². The summed E-state index contributed by atoms with van der Waals surface area (Å²) < 4.78 is 0. The Balaban J connectivity index is 1.25. The van der Waals surface area contributed by atoms with E-state index in [2.05, 4.69) is 252 Å². The van der Waals surface area contributed by atoms with Gasteiger partial charge in [-0.15, -0.1) is 0 Å². The van der Waals surface area contributed by atoms with Crippen LogP contribution in [0.25, 0.3) is 44.2 Å². The highest BCUT2D eigenvalue weighted by Gasteiger charge is 2.50. The normalized spacial score (nSPS) is 12.7. The molecule has 0 aromatic heterocycles. The van der Waals surface area contributed by atoms with Gasteiger partial charge in [0, 0.05) is 34.1 Å². The maximum atomic E-state index is 2.50. The molecule has 0 saturated heterocycles. The van der Waals surface area contributed by atoms with E-state index in [1.165, 1.54) is 66.4 Å². The fraction of sp³-hybridized carbons (Fsp3) is 0.0169. The summed E-state index contributed by atoms with van der Waals surface area (Å²) in [7, 11) is 0. The van der Waals surface area contributed by atoms with Gasteiger partial charge in [-0.2, -0.15) is 0 Å². The van der Waals surface area contributed by atoms with Crippen molar-refractivity contribution in [3.8, 4) is 33.4 Å². The van der Waals surface area contributed by atoms with E-state index in [1.54, 1.807) is 0 Å². The third kappa shape index (κ3) is 5.36. The summed E-state index contributed by atoms with van der Waals surface area (Å²) in [5.74, 6) is 0. The fourth-order valence-corrected chi connectivity index (χ4v) is 10.4. The maximum Gasteiger partial charge on any atom is 0.0727 e. The average molecular weight is 777 g/mol. The van der Waals surface area contributed by atoms with E-state index in [0.717, 1.165) is 34.1 Å². The quantitative estimate of drug-likeness (QED) is 0.166. The highest BCUT2D eigenvalue weighted by Crippen LogP contribution is 2.63. The van der Waals surface area contributed by atoms with Crippen LogP contribution in [0, 0.1) is 0 Å². The summed E-state index contributed by atoms with van der Waals surface area (Å²) in [4.78, 5) is 4.80. The van der Waals surface area contributed by atoms with Crippen LogP contribution in [0.5, 0.6) is 0 Å². The number of nitrogens with zero attached hydrogens (tertiary/aromatic N) is 2. The molecule has 0 aliphatic heterocycles. The van der Waals surface area contributed by atoms with Crippen molar-refractivity contribution in [2.45, 2.75) is 5.41 Å². The largest absolute Gasteiger partial charge is 0.310 e. The number of anilines is 6. The fourth-order valence-electron chi connectivity index (χ4n) is 10.4. The van der Waals surface area contributed by atoms with Gasteiger partial charge >= 0.3 is 0 Å². The van der Waals surface area contributed by atoms with E-state index in [9.17, 15) is 0 Å². The van der Waals surface area contributed by atoms with Crippen molar-refractivity contribution in [3.05, 3.63) is 265 Å². The van der Waals surface area contributed by atoms with E-state index < -0.39 is 5.41 Å². The molecule has 10 aromatic rings. The molecule has 2 nitrogen and oxygen atoms in total. The summed E-state index contributed by atoms with van der Waals surface area (Å²) >= 11 is 0. The topological polar surface area (TPSA) is 6.48 Å². The molecule has 2 aliphatic carbocycles. The zero-order valence-electron chi connectivity index (χ0n) is 33.5. The van der Waals surface area contributed by atoms with Gasteiger partial charge in [-0.05, 0) is 139 Å². The molecule has 2 heteroatoms. The monoisotopic (exact) mass is 776 g/mol. The zero-order chi connectivity index (χ0) is 40.3. The minimum Gasteiger partial charge on any atom is -0.310 e. The Morgan fingerprint density at radius 1 is 0.246 bits per heavy atom. The molecule has 12 rings (SSSR count). The van der Waals surface area contributed by atoms with Gasteiger partial charge in [-0.3, -0.25) is 0 Å². The van der Waals surface area contributed by atoms with Crippen LogP contribution in [0.3, 0.4) is 0 Å². The summed E-state index contributed by atoms with van der Waals surface area (Å²) in [6.07, 6.45) is 0. The lowest BCUT2D eigenvalue weighted by Crippen LogP contribution is -2.30. The van der Waals surface area contributed by atoms with E-state index in [4.69, 9.17) is 0 Å². The van der Waals surface area contributed by atoms with Gasteiger partial charge in [0.15, 0.2) is 0 Å². The van der Waals surface area contributed by atoms with Crippen molar-refractivity contribution in [1.29, 1.82) is 0 Å². The first-order valence-electron chi connectivity index (χ1n) is 21.1. The van der Waals surface area contributed by atoms with Gasteiger partial charge in [-0.25, -0.2) is 0 Å². The number of fused-ring (bicyclic) bond motifs is 14. The number of para-hydroxylation sites is 4. The lowest BCUT2D eigenvalue weighted by atomic mass is 9.65. The molecule has 61 heavy (non-hydrogen) atoms. The van der Waals surface area contributed by atoms with Crippen molar-refractivity contribution < 1.29 is 0 Å². The van der Waals surface area contributed by atoms with E-state index in [0.29, 0.717) is 0 Å². The Kier molecular flexibility index (Phi) is 8.11. The van der Waals surface area contributed by atoms with Gasteiger partial charge < -0.3 is 9.80 Å². The van der Waals surface area contributed by atoms with Crippen LogP contribution in [0.2, 0.25) is 0 Å². The second kappa shape index (κ2) is 14.1. The average Bonchev–Trinajstić information content (AvgIpc) is 3.59. The Morgan fingerprint density at radius 2 is 0.656 bits per heavy atom. The van der Waals surface area contributed by atoms with E-state index >= 15 is 0 Å². The van der Waals surface area contributed by atoms with Crippen LogP contribution in [0.1, 0.15) is 22.3 Å². The summed E-state index contributed by atoms with van der Waals surface area (Å²) in [6.45, 7) is 0. The Hall–Kier alpha value is -7.94. The van der Waals surface area contributed by atoms with E-state index in [1.807, 2.05) is 0 Å². The molecule has 0 saturated carbocycles. The van der Waals surface area contributed by atoms with Crippen molar-refractivity contribution in [2.75, 3.05) is 9.80 Å². The Morgan fingerprint density at radius 3 is 1.15 bits per heavy atom. The SMILES string of the molecule is c1ccc(N(c2ccccc2)c2ccc3c(c2)C2(c4cc(N(c5ccccc5)c5ccccc5)ccc4-c4ccccc4-3)c3ccccc3-c3c2ccc2ccccc32)cc1. The van der Waals surface area contributed by atoms with Crippen LogP contribution < -0.4 is 9.80 Å². The highest BCUT2D eigenvalue weighted by molar-refractivity contribution is 6.07. The molecule has 0 heterocycles. The van der Waals surface area contributed by atoms with Crippen LogP contribution >= 0.6 is 0 Å². The molecule has 0 unspecified atom stereocenters. The molecule has 0 fully saturated rings. The molecule has 0 atom stereocenters. The molecular formula is C59H40N2. The minimum atomic E-state index is -0.705. The first-order valence-corrected chi connectivity index (χ1v) is 21.1. The van der Waals surface area contributed by atoms with Crippen molar-refractivity contribution in [2.24, 2.45) is 0 Å². The lowest BCUT2D eigenvalue weighted by Gasteiger charge is -2.37. The molecule has 1 spiro atoms. The van der Waals surface area contributed by atoms with Gasteiger partial charge in [0.1, 0.15) is 0 Å². The molecule has 0 N–H and O–H groups in total. The van der Waals surface area contributed by atoms with Gasteiger partial charge in [-0.1, -0.05) is 170 Å². The molecule has 0 radical (unpaired) electrons. The summed E-state index contributed by atoms with van der Waals surface area (Å²) in [5, 5.41) is 2.51. The predicted octanol–water partition coefficient (Wildman–Crippen LogP) is 15.8. The summed E-state index contributed by atoms with van der Waals surface area (Å²) in [6, 6.07) is 89.4. The number of hydrogen-bond donors (Lipinski definition) is 0. The molecule has 0 amide bonds.